The summed E-state index contributed by atoms with van der Waals surface area (Å²) in [6.07, 6.45) is 0. The van der Waals surface area contributed by atoms with E-state index < -0.39 is 0 Å². The van der Waals surface area contributed by atoms with Crippen LogP contribution in [0.4, 0.5) is 0 Å². The molecule has 17 heavy (non-hydrogen) atoms. The van der Waals surface area contributed by atoms with Crippen LogP contribution in [0.2, 0.25) is 0 Å². The van der Waals surface area contributed by atoms with Crippen LogP contribution in [0.15, 0.2) is 35.3 Å². The number of piperidine rings is 1. The quantitative estimate of drug-likeness (QED) is 0.630. The number of likely N-dealkylation sites (tertiary alicyclic amines) is 1. The van der Waals surface area contributed by atoms with Crippen molar-refractivity contribution in [3.63, 3.8) is 0 Å². The summed E-state index contributed by atoms with van der Waals surface area (Å²) in [5, 5.41) is 0. The molecule has 1 aliphatic carbocycles. The third kappa shape index (κ3) is 2.20. The highest BCUT2D eigenvalue weighted by atomic mass is 15.2. The molecule has 1 saturated carbocycles. The van der Waals surface area contributed by atoms with Crippen LogP contribution in [0.5, 0.6) is 0 Å². The zero-order valence-electron chi connectivity index (χ0n) is 10.2. The van der Waals surface area contributed by atoms with Crippen molar-refractivity contribution < 1.29 is 0 Å². The van der Waals surface area contributed by atoms with Crippen LogP contribution in [0, 0.1) is 11.8 Å². The number of nitrogens with two attached hydrogens (primary N) is 1. The van der Waals surface area contributed by atoms with Gasteiger partial charge in [-0.15, -0.1) is 0 Å². The first-order valence-electron chi connectivity index (χ1n) is 6.30. The Labute approximate surface area is 102 Å². The van der Waals surface area contributed by atoms with Crippen LogP contribution < -0.4 is 5.73 Å². The molecular formula is C14H19N3. The summed E-state index contributed by atoms with van der Waals surface area (Å²) in [6, 6.07) is 11.2. The first-order valence-corrected chi connectivity index (χ1v) is 6.30. The fraction of sp³-hybridized carbons (Fsp3) is 0.500. The summed E-state index contributed by atoms with van der Waals surface area (Å²) >= 11 is 0. The first kappa shape index (κ1) is 10.8. The lowest BCUT2D eigenvalue weighted by atomic mass is 10.2. The highest BCUT2D eigenvalue weighted by molar-refractivity contribution is 5.77. The van der Waals surface area contributed by atoms with E-state index in [-0.39, 0.29) is 0 Å². The predicted molar refractivity (Wildman–Crippen MR) is 69.8 cm³/mol. The Bertz CT molecular complexity index is 410. The molecule has 2 atom stereocenters. The number of benzene rings is 1. The summed E-state index contributed by atoms with van der Waals surface area (Å²) in [6.45, 7) is 5.32. The van der Waals surface area contributed by atoms with Crippen molar-refractivity contribution in [2.75, 3.05) is 13.1 Å². The zero-order chi connectivity index (χ0) is 11.8. The van der Waals surface area contributed by atoms with E-state index in [2.05, 4.69) is 40.2 Å². The molecule has 1 heterocycles. The third-order valence-electron chi connectivity index (χ3n) is 3.83. The fourth-order valence-corrected chi connectivity index (χ4v) is 2.98. The molecule has 3 nitrogen and oxygen atoms in total. The summed E-state index contributed by atoms with van der Waals surface area (Å²) in [7, 11) is 0. The molecule has 2 N–H and O–H groups in total. The number of amidine groups is 1. The number of fused-ring (bicyclic) bond motifs is 1. The average molecular weight is 229 g/mol. The van der Waals surface area contributed by atoms with Crippen LogP contribution in [-0.4, -0.2) is 29.9 Å². The average Bonchev–Trinajstić information content (AvgIpc) is 2.74. The topological polar surface area (TPSA) is 41.6 Å². The number of nitrogens with zero attached hydrogens (tertiary/aromatic N) is 2. The minimum Gasteiger partial charge on any atom is -0.388 e. The Morgan fingerprint density at radius 3 is 2.53 bits per heavy atom. The minimum atomic E-state index is 0.520. The summed E-state index contributed by atoms with van der Waals surface area (Å²) in [5.41, 5.74) is 7.04. The Morgan fingerprint density at radius 2 is 1.94 bits per heavy atom. The maximum atomic E-state index is 5.63. The third-order valence-corrected chi connectivity index (χ3v) is 3.83. The zero-order valence-corrected chi connectivity index (χ0v) is 10.2. The van der Waals surface area contributed by atoms with Gasteiger partial charge in [0, 0.05) is 31.5 Å². The van der Waals surface area contributed by atoms with Gasteiger partial charge in [0.25, 0.3) is 0 Å². The van der Waals surface area contributed by atoms with E-state index in [0.717, 1.165) is 24.2 Å². The van der Waals surface area contributed by atoms with Gasteiger partial charge in [-0.1, -0.05) is 30.3 Å². The Hall–Kier alpha value is -1.35. The maximum absolute atomic E-state index is 5.63. The van der Waals surface area contributed by atoms with Gasteiger partial charge in [-0.2, -0.15) is 0 Å². The number of hydrogen-bond donors (Lipinski definition) is 1. The van der Waals surface area contributed by atoms with Gasteiger partial charge in [0.1, 0.15) is 0 Å². The van der Waals surface area contributed by atoms with Gasteiger partial charge < -0.3 is 5.73 Å². The lowest BCUT2D eigenvalue weighted by molar-refractivity contribution is 0.290. The SMILES string of the molecule is CC(N)=NC1C2CN(Cc3ccccc3)CC21. The molecule has 3 rings (SSSR count). The van der Waals surface area contributed by atoms with Crippen LogP contribution in [-0.2, 0) is 6.54 Å². The minimum absolute atomic E-state index is 0.520. The Kier molecular flexibility index (Phi) is 2.63. The molecule has 1 aromatic carbocycles. The summed E-state index contributed by atoms with van der Waals surface area (Å²) in [4.78, 5) is 7.01. The summed E-state index contributed by atoms with van der Waals surface area (Å²) in [5.74, 6) is 2.26. The fourth-order valence-electron chi connectivity index (χ4n) is 2.98. The second-order valence-electron chi connectivity index (χ2n) is 5.27. The van der Waals surface area contributed by atoms with E-state index in [9.17, 15) is 0 Å². The highest BCUT2D eigenvalue weighted by Crippen LogP contribution is 2.48. The second-order valence-corrected chi connectivity index (χ2v) is 5.27. The van der Waals surface area contributed by atoms with E-state index in [1.54, 1.807) is 0 Å². The molecule has 0 spiro atoms. The van der Waals surface area contributed by atoms with E-state index in [1.165, 1.54) is 18.7 Å². The normalized spacial score (nSPS) is 32.5. The van der Waals surface area contributed by atoms with Gasteiger partial charge in [0.05, 0.1) is 11.9 Å². The van der Waals surface area contributed by atoms with Gasteiger partial charge >= 0.3 is 0 Å². The van der Waals surface area contributed by atoms with Crippen LogP contribution >= 0.6 is 0 Å². The van der Waals surface area contributed by atoms with Crippen molar-refractivity contribution in [1.82, 2.24) is 4.90 Å². The number of aliphatic imine (C=N–C) groups is 1. The van der Waals surface area contributed by atoms with Crippen molar-refractivity contribution in [2.24, 2.45) is 22.6 Å². The highest BCUT2D eigenvalue weighted by Gasteiger charge is 2.55. The molecule has 0 radical (unpaired) electrons. The van der Waals surface area contributed by atoms with Gasteiger partial charge in [0.2, 0.25) is 0 Å². The van der Waals surface area contributed by atoms with Crippen molar-refractivity contribution in [3.05, 3.63) is 35.9 Å². The van der Waals surface area contributed by atoms with Gasteiger partial charge in [-0.3, -0.25) is 9.89 Å². The van der Waals surface area contributed by atoms with Gasteiger partial charge in [0.15, 0.2) is 0 Å². The standard InChI is InChI=1S/C14H19N3/c1-10(15)16-14-12-8-17(9-13(12)14)7-11-5-3-2-4-6-11/h2-6,12-14H,7-9H2,1H3,(H2,15,16). The first-order chi connectivity index (χ1) is 8.24. The molecule has 1 aliphatic heterocycles. The second kappa shape index (κ2) is 4.15. The monoisotopic (exact) mass is 229 g/mol. The Balaban J connectivity index is 1.54. The Morgan fingerprint density at radius 1 is 1.29 bits per heavy atom. The largest absolute Gasteiger partial charge is 0.388 e. The van der Waals surface area contributed by atoms with E-state index >= 15 is 0 Å². The molecule has 2 fully saturated rings. The van der Waals surface area contributed by atoms with Crippen molar-refractivity contribution in [1.29, 1.82) is 0 Å². The van der Waals surface area contributed by atoms with Gasteiger partial charge in [-0.25, -0.2) is 0 Å². The molecule has 90 valence electrons. The molecular weight excluding hydrogens is 210 g/mol. The van der Waals surface area contributed by atoms with E-state index in [1.807, 2.05) is 6.92 Å². The molecule has 2 unspecified atom stereocenters. The van der Waals surface area contributed by atoms with E-state index in [4.69, 9.17) is 5.73 Å². The lowest BCUT2D eigenvalue weighted by Crippen LogP contribution is -2.25. The molecule has 0 aromatic heterocycles. The van der Waals surface area contributed by atoms with E-state index in [0.29, 0.717) is 6.04 Å². The molecule has 3 heteroatoms. The summed E-state index contributed by atoms with van der Waals surface area (Å²) < 4.78 is 0. The van der Waals surface area contributed by atoms with Crippen LogP contribution in [0.25, 0.3) is 0 Å². The number of rotatable bonds is 3. The maximum Gasteiger partial charge on any atom is 0.0909 e. The van der Waals surface area contributed by atoms with Crippen molar-refractivity contribution in [2.45, 2.75) is 19.5 Å². The van der Waals surface area contributed by atoms with Crippen LogP contribution in [0.3, 0.4) is 0 Å². The predicted octanol–water partition coefficient (Wildman–Crippen LogP) is 1.49. The van der Waals surface area contributed by atoms with Crippen molar-refractivity contribution >= 4 is 5.84 Å². The van der Waals surface area contributed by atoms with Gasteiger partial charge in [-0.05, 0) is 12.5 Å². The molecule has 0 amide bonds. The molecule has 1 saturated heterocycles. The van der Waals surface area contributed by atoms with Crippen molar-refractivity contribution in [3.8, 4) is 0 Å². The number of hydrogen-bond acceptors (Lipinski definition) is 2. The lowest BCUT2D eigenvalue weighted by Gasteiger charge is -2.18. The molecule has 1 aromatic rings. The van der Waals surface area contributed by atoms with Crippen LogP contribution in [0.1, 0.15) is 12.5 Å². The molecule has 2 aliphatic rings. The smallest absolute Gasteiger partial charge is 0.0909 e. The molecule has 0 bridgehead atoms.